The van der Waals surface area contributed by atoms with Gasteiger partial charge in [0.2, 0.25) is 0 Å². The number of hydrogen-bond donors (Lipinski definition) is 0. The maximum absolute atomic E-state index is 5.29. The molecule has 0 fully saturated rings. The van der Waals surface area contributed by atoms with Gasteiger partial charge in [-0.2, -0.15) is 0 Å². The van der Waals surface area contributed by atoms with E-state index in [0.717, 1.165) is 5.75 Å². The van der Waals surface area contributed by atoms with E-state index in [1.807, 2.05) is 12.1 Å². The molecule has 25 heavy (non-hydrogen) atoms. The first-order valence-electron chi connectivity index (χ1n) is 8.24. The summed E-state index contributed by atoms with van der Waals surface area (Å²) in [5.74, 6) is 0.898. The molecule has 0 aliphatic rings. The van der Waals surface area contributed by atoms with Crippen molar-refractivity contribution in [1.82, 2.24) is 0 Å². The van der Waals surface area contributed by atoms with Gasteiger partial charge in [0.25, 0.3) is 0 Å². The van der Waals surface area contributed by atoms with Crippen LogP contribution in [0.25, 0.3) is 31.1 Å². The van der Waals surface area contributed by atoms with E-state index < -0.39 is 0 Å². The molecule has 0 aliphatic carbocycles. The first-order valence-corrected chi connectivity index (χ1v) is 9.95. The molecule has 1 nitrogen and oxygen atoms in total. The fraction of sp³-hybridized carbons (Fsp3) is 0.0435. The molecule has 3 aromatic carbocycles. The van der Waals surface area contributed by atoms with E-state index in [2.05, 4.69) is 78.9 Å². The van der Waals surface area contributed by atoms with Crippen molar-refractivity contribution in [3.63, 3.8) is 0 Å². The van der Waals surface area contributed by atoms with Crippen molar-refractivity contribution in [2.24, 2.45) is 0 Å². The van der Waals surface area contributed by atoms with Gasteiger partial charge >= 0.3 is 154 Å². The summed E-state index contributed by atoms with van der Waals surface area (Å²) >= 11 is 0.279. The number of hydrogen-bond acceptors (Lipinski definition) is 1. The predicted octanol–water partition coefficient (Wildman–Crippen LogP) is 5.75. The first-order chi connectivity index (χ1) is 12.3. The van der Waals surface area contributed by atoms with Gasteiger partial charge in [0.15, 0.2) is 0 Å². The average molecular weight is 389 g/mol. The molecule has 4 aromatic rings. The summed E-state index contributed by atoms with van der Waals surface area (Å²) in [7, 11) is 1.70. The van der Waals surface area contributed by atoms with E-state index in [-0.39, 0.29) is 14.5 Å². The molecule has 1 heterocycles. The summed E-state index contributed by atoms with van der Waals surface area (Å²) in [6, 6.07) is 32.2. The summed E-state index contributed by atoms with van der Waals surface area (Å²) in [4.78, 5) is 0. The van der Waals surface area contributed by atoms with Crippen molar-refractivity contribution in [3.8, 4) is 36.9 Å². The number of rotatable bonds is 4. The maximum atomic E-state index is 5.29. The number of benzene rings is 3. The monoisotopic (exact) mass is 390 g/mol. The standard InChI is InChI=1S/C23H18OSe/c1-24-20-14-12-18(13-15-20)22-16-21(17-8-4-2-5-9-17)23(25-22)19-10-6-3-7-11-19/h2-16H,1H3. The Morgan fingerprint density at radius 1 is 0.640 bits per heavy atom. The topological polar surface area (TPSA) is 9.23 Å². The van der Waals surface area contributed by atoms with Gasteiger partial charge in [-0.1, -0.05) is 0 Å². The van der Waals surface area contributed by atoms with Crippen molar-refractivity contribution < 1.29 is 4.74 Å². The molecule has 0 spiro atoms. The van der Waals surface area contributed by atoms with E-state index in [9.17, 15) is 0 Å². The fourth-order valence-electron chi connectivity index (χ4n) is 2.92. The molecule has 2 heteroatoms. The molecular formula is C23H18OSe. The van der Waals surface area contributed by atoms with E-state index in [1.54, 1.807) is 7.11 Å². The predicted molar refractivity (Wildman–Crippen MR) is 106 cm³/mol. The zero-order chi connectivity index (χ0) is 17.1. The van der Waals surface area contributed by atoms with Crippen molar-refractivity contribution in [1.29, 1.82) is 0 Å². The normalized spacial score (nSPS) is 10.6. The van der Waals surface area contributed by atoms with E-state index in [0.29, 0.717) is 0 Å². The SMILES string of the molecule is COc1ccc(-c2cc(-c3ccccc3)c(-c3ccccc3)[se]2)cc1. The average Bonchev–Trinajstić information content (AvgIpc) is 3.15. The molecule has 0 saturated heterocycles. The molecular weight excluding hydrogens is 371 g/mol. The Hall–Kier alpha value is -2.54. The van der Waals surface area contributed by atoms with Crippen LogP contribution in [-0.4, -0.2) is 21.6 Å². The Balaban J connectivity index is 1.86. The second-order valence-electron chi connectivity index (χ2n) is 5.81. The second kappa shape index (κ2) is 7.14. The fourth-order valence-corrected chi connectivity index (χ4v) is 5.42. The van der Waals surface area contributed by atoms with Crippen molar-refractivity contribution >= 4 is 14.5 Å². The molecule has 0 atom stereocenters. The van der Waals surface area contributed by atoms with Crippen LogP contribution in [0.4, 0.5) is 0 Å². The number of methoxy groups -OCH3 is 1. The minimum atomic E-state index is 0.279. The zero-order valence-corrected chi connectivity index (χ0v) is 15.7. The van der Waals surface area contributed by atoms with Gasteiger partial charge in [0.1, 0.15) is 0 Å². The molecule has 0 aliphatic heterocycles. The molecule has 0 N–H and O–H groups in total. The molecule has 0 amide bonds. The van der Waals surface area contributed by atoms with Crippen molar-refractivity contribution in [3.05, 3.63) is 91.0 Å². The quantitative estimate of drug-likeness (QED) is 0.404. The van der Waals surface area contributed by atoms with Crippen molar-refractivity contribution in [2.45, 2.75) is 0 Å². The minimum absolute atomic E-state index is 0.279. The molecule has 122 valence electrons. The van der Waals surface area contributed by atoms with Gasteiger partial charge in [-0.05, 0) is 0 Å². The Morgan fingerprint density at radius 2 is 1.24 bits per heavy atom. The third-order valence-corrected chi connectivity index (χ3v) is 6.81. The van der Waals surface area contributed by atoms with Gasteiger partial charge in [-0.25, -0.2) is 0 Å². The van der Waals surface area contributed by atoms with E-state index in [4.69, 9.17) is 4.74 Å². The van der Waals surface area contributed by atoms with Gasteiger partial charge in [-0.3, -0.25) is 0 Å². The molecule has 0 radical (unpaired) electrons. The van der Waals surface area contributed by atoms with Crippen LogP contribution < -0.4 is 4.74 Å². The Morgan fingerprint density at radius 3 is 1.84 bits per heavy atom. The van der Waals surface area contributed by atoms with Gasteiger partial charge in [0, 0.05) is 0 Å². The van der Waals surface area contributed by atoms with Crippen molar-refractivity contribution in [2.75, 3.05) is 7.11 Å². The summed E-state index contributed by atoms with van der Waals surface area (Å²) in [5.41, 5.74) is 5.23. The van der Waals surface area contributed by atoms with Crippen LogP contribution in [0.15, 0.2) is 91.0 Å². The van der Waals surface area contributed by atoms with Gasteiger partial charge in [0.05, 0.1) is 0 Å². The summed E-state index contributed by atoms with van der Waals surface area (Å²) in [6.07, 6.45) is 0. The third kappa shape index (κ3) is 3.32. The van der Waals surface area contributed by atoms with Crippen LogP contribution in [0.3, 0.4) is 0 Å². The molecule has 4 rings (SSSR count). The summed E-state index contributed by atoms with van der Waals surface area (Å²) in [6.45, 7) is 0. The Kier molecular flexibility index (Phi) is 4.56. The zero-order valence-electron chi connectivity index (χ0n) is 14.0. The van der Waals surface area contributed by atoms with Crippen LogP contribution in [0, 0.1) is 0 Å². The van der Waals surface area contributed by atoms with Crippen LogP contribution in [0.1, 0.15) is 0 Å². The van der Waals surface area contributed by atoms with Crippen LogP contribution in [0.5, 0.6) is 5.75 Å². The van der Waals surface area contributed by atoms with Crippen LogP contribution in [0.2, 0.25) is 0 Å². The van der Waals surface area contributed by atoms with Gasteiger partial charge in [-0.15, -0.1) is 0 Å². The second-order valence-corrected chi connectivity index (χ2v) is 8.02. The number of ether oxygens (including phenoxy) is 1. The Labute approximate surface area is 154 Å². The van der Waals surface area contributed by atoms with E-state index in [1.165, 1.54) is 31.1 Å². The molecule has 0 bridgehead atoms. The summed E-state index contributed by atoms with van der Waals surface area (Å²) in [5, 5.41) is 0. The Bertz CT molecular complexity index is 897. The molecule has 0 saturated carbocycles. The van der Waals surface area contributed by atoms with E-state index >= 15 is 0 Å². The van der Waals surface area contributed by atoms with Gasteiger partial charge < -0.3 is 0 Å². The summed E-state index contributed by atoms with van der Waals surface area (Å²) < 4.78 is 8.15. The first kappa shape index (κ1) is 16.0. The van der Waals surface area contributed by atoms with Crippen LogP contribution >= 0.6 is 0 Å². The van der Waals surface area contributed by atoms with Crippen LogP contribution in [-0.2, 0) is 0 Å². The molecule has 0 unspecified atom stereocenters. The molecule has 1 aromatic heterocycles. The third-order valence-electron chi connectivity index (χ3n) is 4.23.